The number of aromatic hydroxyl groups is 1. The SMILES string of the molecule is Oc1cccc(CNCC2CCN(CC(F)(F)F)C2)c1. The minimum atomic E-state index is -4.11. The van der Waals surface area contributed by atoms with Crippen LogP contribution >= 0.6 is 0 Å². The highest BCUT2D eigenvalue weighted by Crippen LogP contribution is 2.22. The van der Waals surface area contributed by atoms with Crippen LogP contribution in [-0.2, 0) is 6.54 Å². The second-order valence-corrected chi connectivity index (χ2v) is 5.31. The van der Waals surface area contributed by atoms with Crippen LogP contribution in [0.2, 0.25) is 0 Å². The molecule has 0 radical (unpaired) electrons. The summed E-state index contributed by atoms with van der Waals surface area (Å²) in [5, 5.41) is 12.6. The van der Waals surface area contributed by atoms with Gasteiger partial charge in [0.15, 0.2) is 0 Å². The van der Waals surface area contributed by atoms with Gasteiger partial charge >= 0.3 is 6.18 Å². The Labute approximate surface area is 116 Å². The van der Waals surface area contributed by atoms with Crippen molar-refractivity contribution >= 4 is 0 Å². The van der Waals surface area contributed by atoms with Gasteiger partial charge in [0.25, 0.3) is 0 Å². The monoisotopic (exact) mass is 288 g/mol. The van der Waals surface area contributed by atoms with E-state index in [9.17, 15) is 18.3 Å². The molecule has 1 unspecified atom stereocenters. The van der Waals surface area contributed by atoms with E-state index < -0.39 is 12.7 Å². The van der Waals surface area contributed by atoms with Gasteiger partial charge < -0.3 is 10.4 Å². The highest BCUT2D eigenvalue weighted by Gasteiger charge is 2.34. The van der Waals surface area contributed by atoms with Crippen LogP contribution in [0, 0.1) is 5.92 Å². The van der Waals surface area contributed by atoms with E-state index >= 15 is 0 Å². The minimum Gasteiger partial charge on any atom is -0.508 e. The summed E-state index contributed by atoms with van der Waals surface area (Å²) in [6.07, 6.45) is -3.31. The van der Waals surface area contributed by atoms with Gasteiger partial charge in [-0.1, -0.05) is 12.1 Å². The van der Waals surface area contributed by atoms with Crippen molar-refractivity contribution in [3.8, 4) is 5.75 Å². The normalized spacial score (nSPS) is 20.4. The highest BCUT2D eigenvalue weighted by molar-refractivity contribution is 5.26. The van der Waals surface area contributed by atoms with Crippen molar-refractivity contribution in [1.82, 2.24) is 10.2 Å². The van der Waals surface area contributed by atoms with Crippen molar-refractivity contribution in [1.29, 1.82) is 0 Å². The summed E-state index contributed by atoms with van der Waals surface area (Å²) in [4.78, 5) is 1.46. The molecule has 1 saturated heterocycles. The van der Waals surface area contributed by atoms with Crippen LogP contribution < -0.4 is 5.32 Å². The predicted octanol–water partition coefficient (Wildman–Crippen LogP) is 2.37. The van der Waals surface area contributed by atoms with Gasteiger partial charge in [-0.3, -0.25) is 4.90 Å². The van der Waals surface area contributed by atoms with Crippen molar-refractivity contribution < 1.29 is 18.3 Å². The summed E-state index contributed by atoms with van der Waals surface area (Å²) in [5.41, 5.74) is 0.968. The predicted molar refractivity (Wildman–Crippen MR) is 70.4 cm³/mol. The summed E-state index contributed by atoms with van der Waals surface area (Å²) >= 11 is 0. The first-order chi connectivity index (χ1) is 9.42. The van der Waals surface area contributed by atoms with Gasteiger partial charge in [0.1, 0.15) is 5.75 Å². The molecule has 20 heavy (non-hydrogen) atoms. The Hall–Kier alpha value is -1.27. The second kappa shape index (κ2) is 6.45. The third-order valence-electron chi connectivity index (χ3n) is 3.45. The van der Waals surface area contributed by atoms with Crippen molar-refractivity contribution in [2.75, 3.05) is 26.2 Å². The summed E-state index contributed by atoms with van der Waals surface area (Å²) in [5.74, 6) is 0.483. The molecule has 112 valence electrons. The number of nitrogens with one attached hydrogen (secondary N) is 1. The highest BCUT2D eigenvalue weighted by atomic mass is 19.4. The number of nitrogens with zero attached hydrogens (tertiary/aromatic N) is 1. The number of phenolic OH excluding ortho intramolecular Hbond substituents is 1. The fourth-order valence-electron chi connectivity index (χ4n) is 2.56. The van der Waals surface area contributed by atoms with Gasteiger partial charge in [-0.2, -0.15) is 13.2 Å². The van der Waals surface area contributed by atoms with E-state index in [1.165, 1.54) is 4.90 Å². The average molecular weight is 288 g/mol. The third kappa shape index (κ3) is 5.02. The number of phenols is 1. The molecule has 1 atom stereocenters. The van der Waals surface area contributed by atoms with Gasteiger partial charge in [-0.25, -0.2) is 0 Å². The molecule has 1 aromatic rings. The molecule has 1 aliphatic heterocycles. The van der Waals surface area contributed by atoms with E-state index in [1.54, 1.807) is 18.2 Å². The van der Waals surface area contributed by atoms with E-state index in [-0.39, 0.29) is 11.7 Å². The Kier molecular flexibility index (Phi) is 4.88. The van der Waals surface area contributed by atoms with Crippen LogP contribution in [0.1, 0.15) is 12.0 Å². The Balaban J connectivity index is 1.68. The molecule has 0 aromatic heterocycles. The number of hydrogen-bond donors (Lipinski definition) is 2. The fourth-order valence-corrected chi connectivity index (χ4v) is 2.56. The lowest BCUT2D eigenvalue weighted by Gasteiger charge is -2.18. The molecule has 0 amide bonds. The zero-order valence-corrected chi connectivity index (χ0v) is 11.2. The van der Waals surface area contributed by atoms with Crippen molar-refractivity contribution in [2.45, 2.75) is 19.1 Å². The lowest BCUT2D eigenvalue weighted by molar-refractivity contribution is -0.143. The molecule has 1 aliphatic rings. The number of benzene rings is 1. The molecule has 3 nitrogen and oxygen atoms in total. The van der Waals surface area contributed by atoms with Crippen molar-refractivity contribution in [2.24, 2.45) is 5.92 Å². The molecule has 0 aliphatic carbocycles. The molecule has 1 heterocycles. The molecular weight excluding hydrogens is 269 g/mol. The Morgan fingerprint density at radius 1 is 1.35 bits per heavy atom. The van der Waals surface area contributed by atoms with Gasteiger partial charge in [0, 0.05) is 13.1 Å². The van der Waals surface area contributed by atoms with Gasteiger partial charge in [0.2, 0.25) is 0 Å². The third-order valence-corrected chi connectivity index (χ3v) is 3.45. The van der Waals surface area contributed by atoms with Crippen LogP contribution in [0.25, 0.3) is 0 Å². The van der Waals surface area contributed by atoms with Crippen LogP contribution in [0.5, 0.6) is 5.75 Å². The maximum atomic E-state index is 12.3. The van der Waals surface area contributed by atoms with E-state index in [1.807, 2.05) is 6.07 Å². The number of halogens is 3. The lowest BCUT2D eigenvalue weighted by atomic mass is 10.1. The first-order valence-electron chi connectivity index (χ1n) is 6.70. The number of hydrogen-bond acceptors (Lipinski definition) is 3. The van der Waals surface area contributed by atoms with E-state index in [0.717, 1.165) is 12.0 Å². The molecule has 2 N–H and O–H groups in total. The summed E-state index contributed by atoms with van der Waals surface area (Å²) in [6, 6.07) is 6.96. The van der Waals surface area contributed by atoms with Gasteiger partial charge in [-0.05, 0) is 43.1 Å². The number of alkyl halides is 3. The standard InChI is InChI=1S/C14H19F3N2O/c15-14(16,17)10-19-5-4-12(9-19)8-18-7-11-2-1-3-13(20)6-11/h1-3,6,12,18,20H,4-5,7-10H2. The van der Waals surface area contributed by atoms with E-state index in [2.05, 4.69) is 5.32 Å². The average Bonchev–Trinajstić information content (AvgIpc) is 2.74. The van der Waals surface area contributed by atoms with E-state index in [0.29, 0.717) is 26.2 Å². The first-order valence-corrected chi connectivity index (χ1v) is 6.70. The Morgan fingerprint density at radius 3 is 2.85 bits per heavy atom. The summed E-state index contributed by atoms with van der Waals surface area (Å²) < 4.78 is 36.8. The van der Waals surface area contributed by atoms with E-state index in [4.69, 9.17) is 0 Å². The first kappa shape index (κ1) is 15.1. The topological polar surface area (TPSA) is 35.5 Å². The zero-order valence-electron chi connectivity index (χ0n) is 11.2. The molecule has 0 saturated carbocycles. The van der Waals surface area contributed by atoms with Crippen molar-refractivity contribution in [3.05, 3.63) is 29.8 Å². The molecule has 0 spiro atoms. The van der Waals surface area contributed by atoms with Gasteiger partial charge in [0.05, 0.1) is 6.54 Å². The fraction of sp³-hybridized carbons (Fsp3) is 0.571. The largest absolute Gasteiger partial charge is 0.508 e. The second-order valence-electron chi connectivity index (χ2n) is 5.31. The lowest BCUT2D eigenvalue weighted by Crippen LogP contribution is -2.33. The number of rotatable bonds is 5. The number of likely N-dealkylation sites (tertiary alicyclic amines) is 1. The zero-order chi connectivity index (χ0) is 14.6. The van der Waals surface area contributed by atoms with Crippen molar-refractivity contribution in [3.63, 3.8) is 0 Å². The quantitative estimate of drug-likeness (QED) is 0.873. The molecule has 6 heteroatoms. The summed E-state index contributed by atoms with van der Waals surface area (Å²) in [7, 11) is 0. The maximum Gasteiger partial charge on any atom is 0.401 e. The van der Waals surface area contributed by atoms with Crippen LogP contribution in [0.3, 0.4) is 0 Å². The molecule has 1 fully saturated rings. The Morgan fingerprint density at radius 2 is 2.15 bits per heavy atom. The Bertz CT molecular complexity index is 437. The van der Waals surface area contributed by atoms with Gasteiger partial charge in [-0.15, -0.1) is 0 Å². The van der Waals surface area contributed by atoms with Crippen LogP contribution in [0.15, 0.2) is 24.3 Å². The molecule has 1 aromatic carbocycles. The maximum absolute atomic E-state index is 12.3. The minimum absolute atomic E-state index is 0.224. The molecule has 0 bridgehead atoms. The smallest absolute Gasteiger partial charge is 0.401 e. The van der Waals surface area contributed by atoms with Crippen LogP contribution in [0.4, 0.5) is 13.2 Å². The van der Waals surface area contributed by atoms with Crippen LogP contribution in [-0.4, -0.2) is 42.4 Å². The molecular formula is C14H19F3N2O. The molecule has 2 rings (SSSR count). The summed E-state index contributed by atoms with van der Waals surface area (Å²) in [6.45, 7) is 1.51.